The minimum Gasteiger partial charge on any atom is -0.375 e. The van der Waals surface area contributed by atoms with Crippen molar-refractivity contribution in [1.29, 1.82) is 0 Å². The summed E-state index contributed by atoms with van der Waals surface area (Å²) in [5, 5.41) is 4.78. The maximum absolute atomic E-state index is 14.2. The van der Waals surface area contributed by atoms with Crippen LogP contribution in [0.25, 0.3) is 11.1 Å². The number of para-hydroxylation sites is 1. The number of nitrogens with zero attached hydrogens (tertiary/aromatic N) is 5. The highest BCUT2D eigenvalue weighted by Gasteiger charge is 2.30. The second-order valence-electron chi connectivity index (χ2n) is 9.81. The Labute approximate surface area is 211 Å². The van der Waals surface area contributed by atoms with Gasteiger partial charge in [-0.2, -0.15) is 0 Å². The molecule has 2 amide bonds. The molecule has 2 aromatic heterocycles. The minimum absolute atomic E-state index is 0.0124. The Morgan fingerprint density at radius 1 is 1.14 bits per heavy atom. The number of methoxy groups -OCH3 is 1. The zero-order valence-electron chi connectivity index (χ0n) is 21.2. The van der Waals surface area contributed by atoms with Gasteiger partial charge in [-0.25, -0.2) is 4.98 Å². The van der Waals surface area contributed by atoms with Crippen LogP contribution >= 0.6 is 0 Å². The Morgan fingerprint density at radius 2 is 1.94 bits per heavy atom. The zero-order chi connectivity index (χ0) is 25.2. The highest BCUT2D eigenvalue weighted by atomic mass is 16.5. The molecule has 2 aliphatic rings. The number of aryl methyl sites for hydroxylation is 1. The number of ether oxygens (including phenoxy) is 1. The number of hydrogen-bond acceptors (Lipinski definition) is 7. The van der Waals surface area contributed by atoms with Crippen molar-refractivity contribution in [3.05, 3.63) is 52.8 Å². The summed E-state index contributed by atoms with van der Waals surface area (Å²) in [5.41, 5.74) is 4.31. The Balaban J connectivity index is 1.55. The molecule has 190 valence electrons. The van der Waals surface area contributed by atoms with E-state index in [4.69, 9.17) is 9.26 Å². The molecule has 1 aliphatic heterocycles. The fourth-order valence-corrected chi connectivity index (χ4v) is 4.89. The molecule has 0 saturated heterocycles. The van der Waals surface area contributed by atoms with Crippen LogP contribution in [0.2, 0.25) is 0 Å². The predicted octanol–water partition coefficient (Wildman–Crippen LogP) is 3.37. The van der Waals surface area contributed by atoms with E-state index >= 15 is 0 Å². The molecule has 1 saturated carbocycles. The van der Waals surface area contributed by atoms with Crippen LogP contribution in [-0.2, 0) is 16.1 Å². The topological polar surface area (TPSA) is 92.0 Å². The molecule has 9 heteroatoms. The maximum atomic E-state index is 14.2. The first-order valence-electron chi connectivity index (χ1n) is 12.6. The molecule has 0 N–H and O–H groups in total. The van der Waals surface area contributed by atoms with Gasteiger partial charge in [0.2, 0.25) is 0 Å². The van der Waals surface area contributed by atoms with Crippen LogP contribution in [0.5, 0.6) is 0 Å². The van der Waals surface area contributed by atoms with Crippen molar-refractivity contribution in [2.75, 3.05) is 51.8 Å². The van der Waals surface area contributed by atoms with E-state index < -0.39 is 0 Å². The summed E-state index contributed by atoms with van der Waals surface area (Å²) < 4.78 is 10.6. The number of benzene rings is 1. The van der Waals surface area contributed by atoms with Crippen LogP contribution in [0.4, 0.5) is 5.69 Å². The van der Waals surface area contributed by atoms with E-state index in [-0.39, 0.29) is 18.4 Å². The summed E-state index contributed by atoms with van der Waals surface area (Å²) in [4.78, 5) is 37.6. The first-order chi connectivity index (χ1) is 17.5. The molecule has 0 spiro atoms. The first-order valence-corrected chi connectivity index (χ1v) is 12.6. The number of hydrogen-bond donors (Lipinski definition) is 0. The number of likely N-dealkylation sites (N-methyl/N-ethyl adjacent to an activating group) is 1. The largest absolute Gasteiger partial charge is 0.375 e. The van der Waals surface area contributed by atoms with Crippen LogP contribution in [0.15, 0.2) is 34.9 Å². The second-order valence-corrected chi connectivity index (χ2v) is 9.81. The summed E-state index contributed by atoms with van der Waals surface area (Å²) in [6.07, 6.45) is 2.98. The van der Waals surface area contributed by atoms with Crippen LogP contribution in [0.3, 0.4) is 0 Å². The second kappa shape index (κ2) is 10.4. The molecule has 0 radical (unpaired) electrons. The van der Waals surface area contributed by atoms with Gasteiger partial charge < -0.3 is 24.0 Å². The highest BCUT2D eigenvalue weighted by Crippen LogP contribution is 2.40. The average molecular weight is 492 g/mol. The van der Waals surface area contributed by atoms with Crippen LogP contribution in [0, 0.1) is 6.92 Å². The van der Waals surface area contributed by atoms with E-state index in [2.05, 4.69) is 22.1 Å². The van der Waals surface area contributed by atoms with E-state index in [1.165, 1.54) is 7.11 Å². The predicted molar refractivity (Wildman–Crippen MR) is 136 cm³/mol. The fourth-order valence-electron chi connectivity index (χ4n) is 4.89. The molecule has 1 aliphatic carbocycles. The van der Waals surface area contributed by atoms with Crippen LogP contribution in [-0.4, -0.2) is 78.7 Å². The summed E-state index contributed by atoms with van der Waals surface area (Å²) in [6.45, 7) is 4.93. The lowest BCUT2D eigenvalue weighted by molar-refractivity contribution is -0.122. The first kappa shape index (κ1) is 24.4. The molecule has 3 heterocycles. The summed E-state index contributed by atoms with van der Waals surface area (Å²) in [5.74, 6) is 0.212. The van der Waals surface area contributed by atoms with E-state index in [0.29, 0.717) is 47.9 Å². The molecular formula is C27H33N5O4. The monoisotopic (exact) mass is 491 g/mol. The summed E-state index contributed by atoms with van der Waals surface area (Å²) >= 11 is 0. The zero-order valence-corrected chi connectivity index (χ0v) is 21.2. The van der Waals surface area contributed by atoms with Gasteiger partial charge in [0.05, 0.1) is 16.6 Å². The third kappa shape index (κ3) is 4.99. The maximum Gasteiger partial charge on any atom is 0.259 e. The summed E-state index contributed by atoms with van der Waals surface area (Å²) in [7, 11) is 3.58. The molecular weight excluding hydrogens is 458 g/mol. The van der Waals surface area contributed by atoms with Gasteiger partial charge in [-0.1, -0.05) is 23.4 Å². The minimum atomic E-state index is -0.0882. The number of rotatable bonds is 4. The number of carbonyl (C=O) groups excluding carboxylic acids is 2. The number of pyridine rings is 1. The fraction of sp³-hybridized carbons (Fsp3) is 0.481. The Bertz CT molecular complexity index is 1270. The van der Waals surface area contributed by atoms with Gasteiger partial charge in [-0.05, 0) is 57.5 Å². The average Bonchev–Trinajstić information content (AvgIpc) is 3.66. The standard InChI is InChI=1S/C27H33N5O4/c1-18-25-21(15-22(19-9-10-19)28-26(25)36-29-18)27(34)31-14-13-30(2)11-6-12-32(24(33)17-35-3)23-8-5-4-7-20(23)16-31/h4-5,7-8,15,19H,6,9-14,16-17H2,1-3H3. The van der Waals surface area contributed by atoms with Gasteiger partial charge in [-0.15, -0.1) is 0 Å². The lowest BCUT2D eigenvalue weighted by atomic mass is 10.1. The van der Waals surface area contributed by atoms with E-state index in [0.717, 1.165) is 49.3 Å². The smallest absolute Gasteiger partial charge is 0.259 e. The van der Waals surface area contributed by atoms with Gasteiger partial charge in [0.1, 0.15) is 6.61 Å². The van der Waals surface area contributed by atoms with Gasteiger partial charge in [-0.3, -0.25) is 9.59 Å². The third-order valence-corrected chi connectivity index (χ3v) is 7.04. The van der Waals surface area contributed by atoms with Gasteiger partial charge in [0.15, 0.2) is 0 Å². The molecule has 5 rings (SSSR count). The molecule has 9 nitrogen and oxygen atoms in total. The molecule has 36 heavy (non-hydrogen) atoms. The molecule has 0 atom stereocenters. The van der Waals surface area contributed by atoms with Crippen molar-refractivity contribution in [2.45, 2.75) is 38.6 Å². The molecule has 1 aromatic carbocycles. The van der Waals surface area contributed by atoms with E-state index in [1.54, 1.807) is 4.90 Å². The van der Waals surface area contributed by atoms with Crippen molar-refractivity contribution in [3.63, 3.8) is 0 Å². The van der Waals surface area contributed by atoms with Gasteiger partial charge in [0, 0.05) is 50.6 Å². The van der Waals surface area contributed by atoms with E-state index in [9.17, 15) is 9.59 Å². The van der Waals surface area contributed by atoms with Crippen molar-refractivity contribution in [3.8, 4) is 0 Å². The van der Waals surface area contributed by atoms with Gasteiger partial charge in [0.25, 0.3) is 17.5 Å². The SMILES string of the molecule is COCC(=O)N1CCCN(C)CCN(C(=O)c2cc(C3CC3)nc3onc(C)c23)Cc2ccccc21. The van der Waals surface area contributed by atoms with Crippen molar-refractivity contribution < 1.29 is 18.8 Å². The summed E-state index contributed by atoms with van der Waals surface area (Å²) in [6, 6.07) is 9.76. The quantitative estimate of drug-likeness (QED) is 0.553. The Hall–Kier alpha value is -3.30. The number of aromatic nitrogens is 2. The molecule has 3 aromatic rings. The normalized spacial score (nSPS) is 17.6. The van der Waals surface area contributed by atoms with Crippen molar-refractivity contribution in [1.82, 2.24) is 19.9 Å². The lowest BCUT2D eigenvalue weighted by Gasteiger charge is -2.28. The Morgan fingerprint density at radius 3 is 2.72 bits per heavy atom. The number of carbonyl (C=O) groups is 2. The van der Waals surface area contributed by atoms with E-state index in [1.807, 2.05) is 42.2 Å². The van der Waals surface area contributed by atoms with Crippen LogP contribution < -0.4 is 4.90 Å². The third-order valence-electron chi connectivity index (χ3n) is 7.04. The number of amides is 2. The molecule has 0 unspecified atom stereocenters. The van der Waals surface area contributed by atoms with Gasteiger partial charge >= 0.3 is 0 Å². The number of anilines is 1. The number of fused-ring (bicyclic) bond motifs is 2. The highest BCUT2D eigenvalue weighted by molar-refractivity contribution is 6.06. The molecule has 1 fully saturated rings. The van der Waals surface area contributed by atoms with Crippen LogP contribution in [0.1, 0.15) is 52.5 Å². The van der Waals surface area contributed by atoms with Crippen molar-refractivity contribution in [2.24, 2.45) is 0 Å². The molecule has 0 bridgehead atoms. The lowest BCUT2D eigenvalue weighted by Crippen LogP contribution is -2.37. The van der Waals surface area contributed by atoms with Crippen molar-refractivity contribution >= 4 is 28.6 Å². The Kier molecular flexibility index (Phi) is 7.02.